The van der Waals surface area contributed by atoms with Gasteiger partial charge in [0.25, 0.3) is 0 Å². The fourth-order valence-electron chi connectivity index (χ4n) is 1.97. The predicted octanol–water partition coefficient (Wildman–Crippen LogP) is -0.740. The number of nitrogens with zero attached hydrogens (tertiary/aromatic N) is 1. The van der Waals surface area contributed by atoms with Crippen LogP contribution in [0, 0.1) is 0 Å². The van der Waals surface area contributed by atoms with Crippen LogP contribution in [0.2, 0.25) is 0 Å². The Hall–Kier alpha value is -0.770. The highest BCUT2D eigenvalue weighted by Crippen LogP contribution is 1.95. The van der Waals surface area contributed by atoms with Crippen LogP contribution < -0.4 is 5.73 Å². The van der Waals surface area contributed by atoms with Crippen molar-refractivity contribution in [3.63, 3.8) is 0 Å². The second kappa shape index (κ2) is 14.8. The fraction of sp³-hybridized carbons (Fsp3) is 0.933. The van der Waals surface area contributed by atoms with Gasteiger partial charge in [-0.1, -0.05) is 0 Å². The Kier molecular flexibility index (Phi) is 13.0. The van der Waals surface area contributed by atoms with Gasteiger partial charge in [-0.3, -0.25) is 4.79 Å². The fourth-order valence-corrected chi connectivity index (χ4v) is 1.97. The van der Waals surface area contributed by atoms with Crippen molar-refractivity contribution >= 4 is 5.91 Å². The molecule has 0 spiro atoms. The molecule has 8 nitrogen and oxygen atoms in total. The highest BCUT2D eigenvalue weighted by atomic mass is 16.6. The normalized spacial score (nSPS) is 21.3. The Morgan fingerprint density at radius 3 is 1.39 bits per heavy atom. The topological polar surface area (TPSA) is 92.5 Å². The van der Waals surface area contributed by atoms with E-state index in [0.717, 1.165) is 0 Å². The molecule has 1 aliphatic heterocycles. The lowest BCUT2D eigenvalue weighted by molar-refractivity contribution is -0.132. The number of hydrogen-bond donors (Lipinski definition) is 1. The van der Waals surface area contributed by atoms with Crippen molar-refractivity contribution in [3.05, 3.63) is 0 Å². The Morgan fingerprint density at radius 1 is 0.696 bits per heavy atom. The van der Waals surface area contributed by atoms with E-state index >= 15 is 0 Å². The molecule has 136 valence electrons. The summed E-state index contributed by atoms with van der Waals surface area (Å²) in [5.41, 5.74) is 5.45. The first-order valence-corrected chi connectivity index (χ1v) is 8.21. The average molecular weight is 334 g/mol. The molecule has 1 saturated heterocycles. The summed E-state index contributed by atoms with van der Waals surface area (Å²) in [6.45, 7) is 6.53. The highest BCUT2D eigenvalue weighted by Gasteiger charge is 2.12. The maximum Gasteiger partial charge on any atom is 0.223 e. The monoisotopic (exact) mass is 334 g/mol. The molecule has 2 N–H and O–H groups in total. The van der Waals surface area contributed by atoms with Crippen molar-refractivity contribution in [3.8, 4) is 0 Å². The van der Waals surface area contributed by atoms with E-state index in [9.17, 15) is 4.79 Å². The molecule has 0 unspecified atom stereocenters. The molecule has 1 fully saturated rings. The van der Waals surface area contributed by atoms with Crippen LogP contribution in [0.15, 0.2) is 0 Å². The quantitative estimate of drug-likeness (QED) is 0.711. The molecule has 1 heterocycles. The van der Waals surface area contributed by atoms with Gasteiger partial charge in [-0.15, -0.1) is 0 Å². The Bertz CT molecular complexity index is 275. The zero-order valence-electron chi connectivity index (χ0n) is 13.9. The lowest BCUT2D eigenvalue weighted by atomic mass is 10.3. The molecule has 0 radical (unpaired) electrons. The number of hydrogen-bond acceptors (Lipinski definition) is 7. The van der Waals surface area contributed by atoms with Crippen molar-refractivity contribution in [1.82, 2.24) is 4.90 Å². The maximum absolute atomic E-state index is 12.0. The van der Waals surface area contributed by atoms with Crippen LogP contribution in [0.5, 0.6) is 0 Å². The molecule has 1 rings (SSSR count). The standard InChI is InChI=1S/C15H30N2O6/c16-2-1-15(18)17-3-5-19-7-9-21-11-13-23-14-12-22-10-8-20-6-4-17/h1-14,16H2. The lowest BCUT2D eigenvalue weighted by Crippen LogP contribution is -2.38. The molecule has 0 bridgehead atoms. The van der Waals surface area contributed by atoms with E-state index in [1.807, 2.05) is 0 Å². The molecule has 1 aliphatic rings. The van der Waals surface area contributed by atoms with Gasteiger partial charge in [0.2, 0.25) is 5.91 Å². The average Bonchev–Trinajstić information content (AvgIpc) is 2.55. The molecule has 1 amide bonds. The minimum atomic E-state index is 0.0266. The highest BCUT2D eigenvalue weighted by molar-refractivity contribution is 5.76. The summed E-state index contributed by atoms with van der Waals surface area (Å²) in [5.74, 6) is 0.0266. The van der Waals surface area contributed by atoms with Gasteiger partial charge >= 0.3 is 0 Å². The van der Waals surface area contributed by atoms with Crippen LogP contribution in [0.25, 0.3) is 0 Å². The first-order valence-electron chi connectivity index (χ1n) is 8.21. The van der Waals surface area contributed by atoms with Gasteiger partial charge in [-0.2, -0.15) is 0 Å². The van der Waals surface area contributed by atoms with Gasteiger partial charge in [0.15, 0.2) is 0 Å². The number of nitrogens with two attached hydrogens (primary N) is 1. The summed E-state index contributed by atoms with van der Waals surface area (Å²) < 4.78 is 27.1. The first kappa shape index (κ1) is 20.3. The predicted molar refractivity (Wildman–Crippen MR) is 84.3 cm³/mol. The summed E-state index contributed by atoms with van der Waals surface area (Å²) in [4.78, 5) is 13.7. The third kappa shape index (κ3) is 11.4. The Labute approximate surface area is 138 Å². The van der Waals surface area contributed by atoms with Gasteiger partial charge in [0.1, 0.15) is 0 Å². The molecule has 0 aromatic heterocycles. The third-order valence-electron chi connectivity index (χ3n) is 3.21. The Balaban J connectivity index is 2.31. The van der Waals surface area contributed by atoms with Gasteiger partial charge in [0, 0.05) is 26.1 Å². The SMILES string of the molecule is NCCC(=O)N1CCOCCOCCOCCOCCOCC1. The first-order chi connectivity index (χ1) is 11.3. The van der Waals surface area contributed by atoms with E-state index < -0.39 is 0 Å². The van der Waals surface area contributed by atoms with Crippen molar-refractivity contribution in [1.29, 1.82) is 0 Å². The van der Waals surface area contributed by atoms with Crippen molar-refractivity contribution in [2.24, 2.45) is 5.73 Å². The molecule has 0 aromatic rings. The van der Waals surface area contributed by atoms with E-state index in [0.29, 0.717) is 92.1 Å². The van der Waals surface area contributed by atoms with Crippen molar-refractivity contribution in [2.75, 3.05) is 85.7 Å². The summed E-state index contributed by atoms with van der Waals surface area (Å²) in [6.07, 6.45) is 0.340. The molecule has 0 atom stereocenters. The smallest absolute Gasteiger partial charge is 0.223 e. The molecule has 0 saturated carbocycles. The zero-order valence-corrected chi connectivity index (χ0v) is 13.9. The summed E-state index contributed by atoms with van der Waals surface area (Å²) >= 11 is 0. The summed E-state index contributed by atoms with van der Waals surface area (Å²) in [6, 6.07) is 0. The van der Waals surface area contributed by atoms with E-state index in [1.54, 1.807) is 4.90 Å². The van der Waals surface area contributed by atoms with E-state index in [4.69, 9.17) is 29.4 Å². The van der Waals surface area contributed by atoms with Gasteiger partial charge < -0.3 is 34.3 Å². The van der Waals surface area contributed by atoms with Crippen LogP contribution in [-0.4, -0.2) is 96.5 Å². The van der Waals surface area contributed by atoms with E-state index in [-0.39, 0.29) is 5.91 Å². The second-order valence-corrected chi connectivity index (χ2v) is 4.98. The number of amides is 1. The third-order valence-corrected chi connectivity index (χ3v) is 3.21. The molecule has 8 heteroatoms. The number of ether oxygens (including phenoxy) is 5. The zero-order chi connectivity index (χ0) is 16.6. The largest absolute Gasteiger partial charge is 0.377 e. The lowest BCUT2D eigenvalue weighted by Gasteiger charge is -2.22. The van der Waals surface area contributed by atoms with Gasteiger partial charge in [0.05, 0.1) is 66.1 Å². The second-order valence-electron chi connectivity index (χ2n) is 4.98. The van der Waals surface area contributed by atoms with Crippen LogP contribution in [0.1, 0.15) is 6.42 Å². The van der Waals surface area contributed by atoms with Crippen molar-refractivity contribution in [2.45, 2.75) is 6.42 Å². The number of carbonyl (C=O) groups is 1. The summed E-state index contributed by atoms with van der Waals surface area (Å²) in [5, 5.41) is 0. The van der Waals surface area contributed by atoms with Crippen molar-refractivity contribution < 1.29 is 28.5 Å². The molecular weight excluding hydrogens is 304 g/mol. The van der Waals surface area contributed by atoms with Gasteiger partial charge in [-0.05, 0) is 0 Å². The maximum atomic E-state index is 12.0. The molecule has 23 heavy (non-hydrogen) atoms. The van der Waals surface area contributed by atoms with E-state index in [2.05, 4.69) is 0 Å². The molecular formula is C15H30N2O6. The summed E-state index contributed by atoms with van der Waals surface area (Å²) in [7, 11) is 0. The van der Waals surface area contributed by atoms with Crippen LogP contribution in [0.3, 0.4) is 0 Å². The van der Waals surface area contributed by atoms with Crippen LogP contribution in [0.4, 0.5) is 0 Å². The Morgan fingerprint density at radius 2 is 1.04 bits per heavy atom. The van der Waals surface area contributed by atoms with Crippen LogP contribution >= 0.6 is 0 Å². The van der Waals surface area contributed by atoms with E-state index in [1.165, 1.54) is 0 Å². The molecule has 0 aliphatic carbocycles. The minimum absolute atomic E-state index is 0.0266. The van der Waals surface area contributed by atoms with Gasteiger partial charge in [-0.25, -0.2) is 0 Å². The minimum Gasteiger partial charge on any atom is -0.377 e. The van der Waals surface area contributed by atoms with Crippen LogP contribution in [-0.2, 0) is 28.5 Å². The number of carbonyl (C=O) groups excluding carboxylic acids is 1. The number of rotatable bonds is 2. The molecule has 0 aromatic carbocycles.